The maximum Gasteiger partial charge on any atom is 0.410 e. The van der Waals surface area contributed by atoms with Crippen LogP contribution in [0.4, 0.5) is 4.79 Å². The number of amides is 1. The summed E-state index contributed by atoms with van der Waals surface area (Å²) >= 11 is 0. The van der Waals surface area contributed by atoms with Crippen LogP contribution >= 0.6 is 0 Å². The lowest BCUT2D eigenvalue weighted by molar-refractivity contribution is 0.0214. The molecular formula is C18H37N3O2. The topological polar surface area (TPSA) is 44.8 Å². The van der Waals surface area contributed by atoms with Crippen molar-refractivity contribution in [2.24, 2.45) is 0 Å². The maximum absolute atomic E-state index is 12.3. The first-order valence-electron chi connectivity index (χ1n) is 8.99. The van der Waals surface area contributed by atoms with Gasteiger partial charge in [-0.1, -0.05) is 0 Å². The van der Waals surface area contributed by atoms with Crippen LogP contribution in [0.15, 0.2) is 0 Å². The van der Waals surface area contributed by atoms with Gasteiger partial charge < -0.3 is 19.9 Å². The fraction of sp³-hybridized carbons (Fsp3) is 0.944. The molecule has 5 nitrogen and oxygen atoms in total. The van der Waals surface area contributed by atoms with Crippen molar-refractivity contribution in [2.45, 2.75) is 84.0 Å². The van der Waals surface area contributed by atoms with Gasteiger partial charge in [-0.05, 0) is 80.9 Å². The minimum Gasteiger partial charge on any atom is -0.444 e. The lowest BCUT2D eigenvalue weighted by Crippen LogP contribution is -2.44. The molecule has 23 heavy (non-hydrogen) atoms. The second-order valence-electron chi connectivity index (χ2n) is 8.27. The van der Waals surface area contributed by atoms with Crippen molar-refractivity contribution in [1.29, 1.82) is 0 Å². The minimum absolute atomic E-state index is 0.159. The number of nitrogens with zero attached hydrogens (tertiary/aromatic N) is 2. The highest BCUT2D eigenvalue weighted by molar-refractivity contribution is 5.68. The summed E-state index contributed by atoms with van der Waals surface area (Å²) in [6, 6.07) is 1.19. The Morgan fingerprint density at radius 3 is 2.52 bits per heavy atom. The molecule has 1 fully saturated rings. The van der Waals surface area contributed by atoms with E-state index in [0.29, 0.717) is 18.1 Å². The van der Waals surface area contributed by atoms with Crippen molar-refractivity contribution < 1.29 is 9.53 Å². The number of carbonyl (C=O) groups excluding carboxylic acids is 1. The van der Waals surface area contributed by atoms with Crippen LogP contribution in [0.3, 0.4) is 0 Å². The largest absolute Gasteiger partial charge is 0.444 e. The molecule has 0 aromatic heterocycles. The molecule has 0 aromatic carbocycles. The smallest absolute Gasteiger partial charge is 0.410 e. The third-order valence-corrected chi connectivity index (χ3v) is 4.21. The predicted molar refractivity (Wildman–Crippen MR) is 95.8 cm³/mol. The van der Waals surface area contributed by atoms with E-state index < -0.39 is 5.60 Å². The van der Waals surface area contributed by atoms with E-state index in [9.17, 15) is 4.79 Å². The van der Waals surface area contributed by atoms with Gasteiger partial charge in [0.2, 0.25) is 0 Å². The third-order valence-electron chi connectivity index (χ3n) is 4.21. The van der Waals surface area contributed by atoms with Crippen LogP contribution in [-0.4, -0.2) is 66.8 Å². The highest BCUT2D eigenvalue weighted by Crippen LogP contribution is 2.24. The molecule has 3 unspecified atom stereocenters. The zero-order valence-corrected chi connectivity index (χ0v) is 16.2. The van der Waals surface area contributed by atoms with Gasteiger partial charge in [-0.3, -0.25) is 0 Å². The first-order chi connectivity index (χ1) is 10.6. The van der Waals surface area contributed by atoms with Crippen molar-refractivity contribution in [3.05, 3.63) is 0 Å². The van der Waals surface area contributed by atoms with E-state index in [1.807, 2.05) is 25.7 Å². The molecule has 136 valence electrons. The second kappa shape index (κ2) is 8.88. The molecule has 1 aliphatic heterocycles. The summed E-state index contributed by atoms with van der Waals surface area (Å²) in [4.78, 5) is 16.5. The Morgan fingerprint density at radius 1 is 1.30 bits per heavy atom. The molecule has 1 aliphatic rings. The highest BCUT2D eigenvalue weighted by atomic mass is 16.6. The Bertz CT molecular complexity index is 366. The molecule has 5 heteroatoms. The SMILES string of the molecule is CC(CCN(C)C)NC(C)CC1CCCN1C(=O)OC(C)(C)C. The lowest BCUT2D eigenvalue weighted by atomic mass is 10.0. The van der Waals surface area contributed by atoms with Gasteiger partial charge in [-0.15, -0.1) is 0 Å². The highest BCUT2D eigenvalue weighted by Gasteiger charge is 2.32. The van der Waals surface area contributed by atoms with Crippen LogP contribution in [0.1, 0.15) is 60.3 Å². The Kier molecular flexibility index (Phi) is 7.81. The zero-order chi connectivity index (χ0) is 17.6. The van der Waals surface area contributed by atoms with Crippen molar-refractivity contribution >= 4 is 6.09 Å². The standard InChI is InChI=1S/C18H37N3O2/c1-14(10-12-20(6)7)19-15(2)13-16-9-8-11-21(16)17(22)23-18(3,4)5/h14-16,19H,8-13H2,1-7H3. The van der Waals surface area contributed by atoms with Gasteiger partial charge in [0, 0.05) is 24.7 Å². The number of rotatable bonds is 7. The third kappa shape index (κ3) is 8.02. The Morgan fingerprint density at radius 2 is 1.96 bits per heavy atom. The Labute approximate surface area is 142 Å². The van der Waals surface area contributed by atoms with Crippen molar-refractivity contribution in [2.75, 3.05) is 27.2 Å². The first kappa shape index (κ1) is 20.2. The fourth-order valence-electron chi connectivity index (χ4n) is 3.14. The zero-order valence-electron chi connectivity index (χ0n) is 16.2. The van der Waals surface area contributed by atoms with Crippen molar-refractivity contribution in [3.63, 3.8) is 0 Å². The van der Waals surface area contributed by atoms with Gasteiger partial charge in [-0.25, -0.2) is 4.79 Å². The number of carbonyl (C=O) groups is 1. The van der Waals surface area contributed by atoms with Gasteiger partial charge in [0.1, 0.15) is 5.60 Å². The van der Waals surface area contributed by atoms with Crippen LogP contribution in [0.5, 0.6) is 0 Å². The molecule has 1 amide bonds. The molecule has 1 N–H and O–H groups in total. The van der Waals surface area contributed by atoms with E-state index in [4.69, 9.17) is 4.74 Å². The van der Waals surface area contributed by atoms with E-state index >= 15 is 0 Å². The number of nitrogens with one attached hydrogen (secondary N) is 1. The van der Waals surface area contributed by atoms with E-state index in [2.05, 4.69) is 38.2 Å². The molecule has 0 aliphatic carbocycles. The van der Waals surface area contributed by atoms with E-state index in [1.165, 1.54) is 0 Å². The minimum atomic E-state index is -0.422. The molecule has 0 spiro atoms. The van der Waals surface area contributed by atoms with Gasteiger partial charge in [0.25, 0.3) is 0 Å². The molecule has 0 radical (unpaired) electrons. The fourth-order valence-corrected chi connectivity index (χ4v) is 3.14. The van der Waals surface area contributed by atoms with Crippen LogP contribution < -0.4 is 5.32 Å². The van der Waals surface area contributed by atoms with Gasteiger partial charge >= 0.3 is 6.09 Å². The van der Waals surface area contributed by atoms with Crippen LogP contribution in [-0.2, 0) is 4.74 Å². The summed E-state index contributed by atoms with van der Waals surface area (Å²) in [5.41, 5.74) is -0.422. The second-order valence-corrected chi connectivity index (χ2v) is 8.27. The molecule has 1 saturated heterocycles. The molecule has 1 rings (SSSR count). The number of ether oxygens (including phenoxy) is 1. The lowest BCUT2D eigenvalue weighted by Gasteiger charge is -2.31. The first-order valence-corrected chi connectivity index (χ1v) is 8.99. The molecular weight excluding hydrogens is 290 g/mol. The number of hydrogen-bond donors (Lipinski definition) is 1. The summed E-state index contributed by atoms with van der Waals surface area (Å²) in [5, 5.41) is 3.66. The number of likely N-dealkylation sites (tertiary alicyclic amines) is 1. The summed E-state index contributed by atoms with van der Waals surface area (Å²) in [7, 11) is 4.21. The van der Waals surface area contributed by atoms with Crippen LogP contribution in [0.2, 0.25) is 0 Å². The van der Waals surface area contributed by atoms with Crippen LogP contribution in [0.25, 0.3) is 0 Å². The van der Waals surface area contributed by atoms with E-state index in [0.717, 1.165) is 38.8 Å². The van der Waals surface area contributed by atoms with Crippen LogP contribution in [0, 0.1) is 0 Å². The predicted octanol–water partition coefficient (Wildman–Crippen LogP) is 3.09. The molecule has 1 heterocycles. The summed E-state index contributed by atoms with van der Waals surface area (Å²) < 4.78 is 5.54. The van der Waals surface area contributed by atoms with Gasteiger partial charge in [-0.2, -0.15) is 0 Å². The Balaban J connectivity index is 2.43. The molecule has 0 bridgehead atoms. The van der Waals surface area contributed by atoms with Gasteiger partial charge in [0.05, 0.1) is 0 Å². The molecule has 0 aromatic rings. The summed E-state index contributed by atoms with van der Waals surface area (Å²) in [6.45, 7) is 12.1. The van der Waals surface area contributed by atoms with Crippen molar-refractivity contribution in [3.8, 4) is 0 Å². The molecule has 3 atom stereocenters. The Hall–Kier alpha value is -0.810. The van der Waals surface area contributed by atoms with E-state index in [1.54, 1.807) is 0 Å². The normalized spacial score (nSPS) is 21.6. The quantitative estimate of drug-likeness (QED) is 0.780. The average molecular weight is 328 g/mol. The molecule has 0 saturated carbocycles. The van der Waals surface area contributed by atoms with E-state index in [-0.39, 0.29) is 6.09 Å². The average Bonchev–Trinajstić information content (AvgIpc) is 2.82. The maximum atomic E-state index is 12.3. The summed E-state index contributed by atoms with van der Waals surface area (Å²) in [6.07, 6.45) is 4.13. The van der Waals surface area contributed by atoms with Gasteiger partial charge in [0.15, 0.2) is 0 Å². The van der Waals surface area contributed by atoms with Crippen molar-refractivity contribution in [1.82, 2.24) is 15.1 Å². The monoisotopic (exact) mass is 327 g/mol. The number of hydrogen-bond acceptors (Lipinski definition) is 4. The summed E-state index contributed by atoms with van der Waals surface area (Å²) in [5.74, 6) is 0.